The van der Waals surface area contributed by atoms with Gasteiger partial charge in [0.25, 0.3) is 0 Å². The smallest absolute Gasteiger partial charge is 0.413 e. The topological polar surface area (TPSA) is 145 Å². The van der Waals surface area contributed by atoms with Crippen molar-refractivity contribution in [2.75, 3.05) is 20.3 Å². The Morgan fingerprint density at radius 1 is 0.830 bits per heavy atom. The van der Waals surface area contributed by atoms with Gasteiger partial charge in [-0.3, -0.25) is 4.79 Å². The number of sulfonamides is 1. The molecular formula is C38H44F3N3O7S2. The number of alkyl halides is 3. The van der Waals surface area contributed by atoms with Crippen molar-refractivity contribution in [2.24, 2.45) is 5.41 Å². The van der Waals surface area contributed by atoms with Crippen LogP contribution in [0.15, 0.2) is 102 Å². The summed E-state index contributed by atoms with van der Waals surface area (Å²) in [6.45, 7) is 4.61. The minimum absolute atomic E-state index is 0.0628. The summed E-state index contributed by atoms with van der Waals surface area (Å²) in [5.74, 6) is -2.07. The molecule has 1 heterocycles. The van der Waals surface area contributed by atoms with E-state index in [0.29, 0.717) is 34.4 Å². The summed E-state index contributed by atoms with van der Waals surface area (Å²) in [5.41, 5.74) is 1.23. The third-order valence-electron chi connectivity index (χ3n) is 8.58. The van der Waals surface area contributed by atoms with Crippen LogP contribution in [0.5, 0.6) is 0 Å². The van der Waals surface area contributed by atoms with E-state index in [1.807, 2.05) is 20.8 Å². The third-order valence-corrected chi connectivity index (χ3v) is 11.8. The first kappa shape index (κ1) is 41.5. The second-order valence-corrected chi connectivity index (χ2v) is 16.6. The molecule has 0 aliphatic rings. The van der Waals surface area contributed by atoms with Gasteiger partial charge in [-0.15, -0.1) is 11.3 Å². The molecule has 0 spiro atoms. The predicted molar refractivity (Wildman–Crippen MR) is 195 cm³/mol. The van der Waals surface area contributed by atoms with Crippen molar-refractivity contribution in [2.45, 2.75) is 68.9 Å². The van der Waals surface area contributed by atoms with Crippen molar-refractivity contribution in [3.63, 3.8) is 0 Å². The highest BCUT2D eigenvalue weighted by molar-refractivity contribution is 7.89. The largest absolute Gasteiger partial charge is 0.453 e. The molecule has 0 aliphatic heterocycles. The highest BCUT2D eigenvalue weighted by Crippen LogP contribution is 2.41. The van der Waals surface area contributed by atoms with E-state index in [0.717, 1.165) is 17.5 Å². The molecule has 3 aromatic carbocycles. The van der Waals surface area contributed by atoms with Crippen LogP contribution in [0.2, 0.25) is 0 Å². The predicted octanol–water partition coefficient (Wildman–Crippen LogP) is 6.68. The Bertz CT molecular complexity index is 1860. The van der Waals surface area contributed by atoms with Gasteiger partial charge in [-0.1, -0.05) is 93.6 Å². The number of nitrogens with zero attached hydrogens (tertiary/aromatic N) is 1. The van der Waals surface area contributed by atoms with E-state index in [2.05, 4.69) is 10.6 Å². The summed E-state index contributed by atoms with van der Waals surface area (Å²) >= 11 is 0.607. The van der Waals surface area contributed by atoms with Crippen LogP contribution in [0.25, 0.3) is 0 Å². The van der Waals surface area contributed by atoms with E-state index in [-0.39, 0.29) is 33.2 Å². The van der Waals surface area contributed by atoms with Crippen molar-refractivity contribution in [1.82, 2.24) is 14.9 Å². The molecule has 0 radical (unpaired) electrons. The molecule has 53 heavy (non-hydrogen) atoms. The highest BCUT2D eigenvalue weighted by Gasteiger charge is 2.45. The number of halogens is 3. The molecule has 286 valence electrons. The fourth-order valence-electron chi connectivity index (χ4n) is 5.75. The molecule has 1 aromatic heterocycles. The molecule has 0 unspecified atom stereocenters. The summed E-state index contributed by atoms with van der Waals surface area (Å²) in [4.78, 5) is 26.2. The number of aliphatic hydroxyl groups is 2. The van der Waals surface area contributed by atoms with E-state index in [9.17, 15) is 41.4 Å². The fourth-order valence-corrected chi connectivity index (χ4v) is 8.60. The van der Waals surface area contributed by atoms with Gasteiger partial charge in [0.1, 0.15) is 6.04 Å². The minimum atomic E-state index is -5.02. The fraction of sp³-hybridized carbons (Fsp3) is 0.368. The average molecular weight is 776 g/mol. The molecule has 4 aromatic rings. The van der Waals surface area contributed by atoms with Crippen molar-refractivity contribution in [3.8, 4) is 0 Å². The molecule has 0 bridgehead atoms. The lowest BCUT2D eigenvalue weighted by atomic mass is 9.84. The normalized spacial score (nSPS) is 14.1. The lowest BCUT2D eigenvalue weighted by molar-refractivity contribution is -0.163. The summed E-state index contributed by atoms with van der Waals surface area (Å²) in [5, 5.41) is 24.6. The van der Waals surface area contributed by atoms with E-state index in [1.165, 1.54) is 30.3 Å². The van der Waals surface area contributed by atoms with E-state index in [4.69, 9.17) is 4.74 Å². The Hall–Kier alpha value is -4.28. The van der Waals surface area contributed by atoms with E-state index < -0.39 is 58.9 Å². The maximum atomic E-state index is 14.9. The van der Waals surface area contributed by atoms with Crippen LogP contribution in [0.3, 0.4) is 0 Å². The second-order valence-electron chi connectivity index (χ2n) is 13.6. The standard InChI is InChI=1S/C38H44F3N3O7S2/c1-37(2,3)21-22-44(53(49,50)28-17-15-25(23-45)16-18-28)29(24-46)30-19-20-31(52-30)34(38(39,40)41)43-35(47)33(42-36(48)51-4)32(26-11-7-5-8-12-26)27-13-9-6-10-14-27/h5-20,29,32-34,45-46H,21-24H2,1-4H3,(H,42,48)(H,43,47)/t29-,33+,34-/m1/s1. The van der Waals surface area contributed by atoms with Gasteiger partial charge >= 0.3 is 12.3 Å². The van der Waals surface area contributed by atoms with Crippen molar-refractivity contribution in [3.05, 3.63) is 124 Å². The number of hydrogen-bond donors (Lipinski definition) is 4. The molecule has 4 rings (SSSR count). The Balaban J connectivity index is 1.74. The molecule has 4 N–H and O–H groups in total. The van der Waals surface area contributed by atoms with Gasteiger partial charge in [0, 0.05) is 22.2 Å². The van der Waals surface area contributed by atoms with Gasteiger partial charge in [0.05, 0.1) is 31.3 Å². The molecule has 15 heteroatoms. The lowest BCUT2D eigenvalue weighted by Crippen LogP contribution is -2.52. The van der Waals surface area contributed by atoms with Gasteiger partial charge in [-0.05, 0) is 52.8 Å². The molecule has 0 fully saturated rings. The Labute approximate surface area is 311 Å². The zero-order chi connectivity index (χ0) is 39.0. The number of rotatable bonds is 15. The van der Waals surface area contributed by atoms with E-state index in [1.54, 1.807) is 60.7 Å². The highest BCUT2D eigenvalue weighted by atomic mass is 32.2. The number of carbonyl (C=O) groups is 2. The maximum Gasteiger partial charge on any atom is 0.413 e. The molecule has 0 aliphatic carbocycles. The minimum Gasteiger partial charge on any atom is -0.453 e. The van der Waals surface area contributed by atoms with Crippen molar-refractivity contribution >= 4 is 33.4 Å². The van der Waals surface area contributed by atoms with Crippen LogP contribution in [0, 0.1) is 5.41 Å². The number of aliphatic hydroxyl groups excluding tert-OH is 2. The molecule has 0 saturated heterocycles. The summed E-state index contributed by atoms with van der Waals surface area (Å²) in [7, 11) is -3.23. The molecular weight excluding hydrogens is 732 g/mol. The third kappa shape index (κ3) is 10.7. The monoisotopic (exact) mass is 775 g/mol. The number of nitrogens with one attached hydrogen (secondary N) is 2. The number of carbonyl (C=O) groups excluding carboxylic acids is 2. The Kier molecular flexibility index (Phi) is 13.8. The number of amides is 2. The lowest BCUT2D eigenvalue weighted by Gasteiger charge is -2.32. The first-order valence-electron chi connectivity index (χ1n) is 16.7. The molecule has 10 nitrogen and oxygen atoms in total. The van der Waals surface area contributed by atoms with Crippen LogP contribution >= 0.6 is 11.3 Å². The SMILES string of the molecule is COC(=O)N[C@H](C(=O)N[C@H](c1ccc([C@@H](CO)N(CCC(C)(C)C)S(=O)(=O)c2ccc(CO)cc2)s1)C(F)(F)F)C(c1ccccc1)c1ccccc1. The van der Waals surface area contributed by atoms with Gasteiger partial charge in [0.2, 0.25) is 15.9 Å². The quantitative estimate of drug-likeness (QED) is 0.106. The molecule has 0 saturated carbocycles. The van der Waals surface area contributed by atoms with Crippen LogP contribution < -0.4 is 10.6 Å². The number of methoxy groups -OCH3 is 1. The molecule has 3 atom stereocenters. The number of benzene rings is 3. The first-order chi connectivity index (χ1) is 25.0. The van der Waals surface area contributed by atoms with Crippen molar-refractivity contribution in [1.29, 1.82) is 0 Å². The van der Waals surface area contributed by atoms with Crippen LogP contribution in [0.4, 0.5) is 18.0 Å². The average Bonchev–Trinajstić information content (AvgIpc) is 3.61. The molecule has 2 amide bonds. The van der Waals surface area contributed by atoms with E-state index >= 15 is 0 Å². The van der Waals surface area contributed by atoms with Gasteiger partial charge in [0.15, 0.2) is 6.04 Å². The van der Waals surface area contributed by atoms with Crippen LogP contribution in [-0.2, 0) is 26.2 Å². The van der Waals surface area contributed by atoms with Gasteiger partial charge in [-0.2, -0.15) is 17.5 Å². The zero-order valence-corrected chi connectivity index (χ0v) is 31.3. The second kappa shape index (κ2) is 17.7. The Morgan fingerprint density at radius 3 is 1.85 bits per heavy atom. The first-order valence-corrected chi connectivity index (χ1v) is 19.0. The van der Waals surface area contributed by atoms with Crippen LogP contribution in [0.1, 0.15) is 71.6 Å². The van der Waals surface area contributed by atoms with Crippen molar-refractivity contribution < 1.29 is 46.1 Å². The Morgan fingerprint density at radius 2 is 1.38 bits per heavy atom. The van der Waals surface area contributed by atoms with Gasteiger partial charge in [-0.25, -0.2) is 13.2 Å². The number of hydrogen-bond acceptors (Lipinski definition) is 8. The summed E-state index contributed by atoms with van der Waals surface area (Å²) in [6.07, 6.45) is -5.70. The summed E-state index contributed by atoms with van der Waals surface area (Å²) in [6, 6.07) is 19.7. The zero-order valence-electron chi connectivity index (χ0n) is 29.7. The number of ether oxygens (including phenoxy) is 1. The summed E-state index contributed by atoms with van der Waals surface area (Å²) < 4.78 is 78.5. The van der Waals surface area contributed by atoms with Crippen LogP contribution in [-0.4, -0.2) is 67.4 Å². The number of thiophene rings is 1. The maximum absolute atomic E-state index is 14.9. The van der Waals surface area contributed by atoms with Gasteiger partial charge < -0.3 is 25.6 Å². The number of alkyl carbamates (subject to hydrolysis) is 1.